The predicted octanol–water partition coefficient (Wildman–Crippen LogP) is 2.33. The second-order valence-corrected chi connectivity index (χ2v) is 5.86. The lowest BCUT2D eigenvalue weighted by Crippen LogP contribution is -2.46. The summed E-state index contributed by atoms with van der Waals surface area (Å²) in [4.78, 5) is 13.7. The lowest BCUT2D eigenvalue weighted by Gasteiger charge is -2.32. The molecule has 1 saturated heterocycles. The average molecular weight is 399 g/mol. The Balaban J connectivity index is 0.00000200. The quantitative estimate of drug-likeness (QED) is 0.818. The smallest absolute Gasteiger partial charge is 0.233 e. The Morgan fingerprint density at radius 3 is 2.33 bits per heavy atom. The Morgan fingerprint density at radius 1 is 1.24 bits per heavy atom. The number of nitrogens with zero attached hydrogens (tertiary/aromatic N) is 1. The summed E-state index contributed by atoms with van der Waals surface area (Å²) in [6, 6.07) is 8.73. The second-order valence-electron chi connectivity index (χ2n) is 4.95. The maximum Gasteiger partial charge on any atom is 0.233 e. The average Bonchev–Trinajstić information content (AvgIpc) is 2.43. The van der Waals surface area contributed by atoms with Gasteiger partial charge >= 0.3 is 0 Å². The summed E-state index contributed by atoms with van der Waals surface area (Å²) in [6.07, 6.45) is 2.00. The molecule has 0 unspecified atom stereocenters. The molecule has 2 rings (SSSR count). The van der Waals surface area contributed by atoms with E-state index in [0.717, 1.165) is 36.9 Å². The maximum atomic E-state index is 11.2. The molecule has 1 aromatic rings. The Bertz CT molecular complexity index is 423. The number of halogens is 3. The normalized spacial score (nSPS) is 15.7. The number of nitrogens with two attached hydrogens (primary N) is 1. The van der Waals surface area contributed by atoms with Crippen LogP contribution in [0.1, 0.15) is 18.4 Å². The highest BCUT2D eigenvalue weighted by atomic mass is 79.9. The third kappa shape index (κ3) is 6.98. The Hall–Kier alpha value is -0.330. The van der Waals surface area contributed by atoms with Crippen LogP contribution in [0.2, 0.25) is 0 Å². The van der Waals surface area contributed by atoms with Gasteiger partial charge in [0.2, 0.25) is 5.91 Å². The standard InChI is InChI=1S/C14H20BrN3O.2ClH/c15-12-3-1-11(2-4-12)10-18-7-5-13(6-8-18)17-14(19)9-16;;/h1-4,13H,5-10,16H2,(H,17,19);2*1H. The number of piperidine rings is 1. The van der Waals surface area contributed by atoms with Gasteiger partial charge in [0, 0.05) is 30.1 Å². The molecule has 1 heterocycles. The topological polar surface area (TPSA) is 58.4 Å². The molecule has 0 bridgehead atoms. The molecule has 0 saturated carbocycles. The second kappa shape index (κ2) is 10.4. The van der Waals surface area contributed by atoms with Crippen LogP contribution in [0.5, 0.6) is 0 Å². The third-order valence-corrected chi connectivity index (χ3v) is 3.99. The summed E-state index contributed by atoms with van der Waals surface area (Å²) in [6.45, 7) is 3.10. The van der Waals surface area contributed by atoms with Crippen molar-refractivity contribution >= 4 is 46.7 Å². The molecule has 0 radical (unpaired) electrons. The monoisotopic (exact) mass is 397 g/mol. The number of hydrogen-bond acceptors (Lipinski definition) is 3. The highest BCUT2D eigenvalue weighted by Crippen LogP contribution is 2.16. The van der Waals surface area contributed by atoms with E-state index < -0.39 is 0 Å². The van der Waals surface area contributed by atoms with Crippen LogP contribution in [0, 0.1) is 0 Å². The van der Waals surface area contributed by atoms with Gasteiger partial charge in [-0.05, 0) is 30.5 Å². The predicted molar refractivity (Wildman–Crippen MR) is 94.1 cm³/mol. The van der Waals surface area contributed by atoms with Crippen LogP contribution in [-0.4, -0.2) is 36.5 Å². The molecule has 21 heavy (non-hydrogen) atoms. The van der Waals surface area contributed by atoms with Gasteiger partial charge in [0.25, 0.3) is 0 Å². The summed E-state index contributed by atoms with van der Waals surface area (Å²) >= 11 is 3.44. The molecular formula is C14H22BrCl2N3O. The van der Waals surface area contributed by atoms with E-state index in [1.807, 2.05) is 0 Å². The molecule has 1 fully saturated rings. The summed E-state index contributed by atoms with van der Waals surface area (Å²) in [5.74, 6) is -0.0497. The summed E-state index contributed by atoms with van der Waals surface area (Å²) in [7, 11) is 0. The number of likely N-dealkylation sites (tertiary alicyclic amines) is 1. The van der Waals surface area contributed by atoms with E-state index in [2.05, 4.69) is 50.4 Å². The summed E-state index contributed by atoms with van der Waals surface area (Å²) in [5.41, 5.74) is 6.63. The van der Waals surface area contributed by atoms with Crippen LogP contribution in [0.15, 0.2) is 28.7 Å². The lowest BCUT2D eigenvalue weighted by molar-refractivity contribution is -0.120. The van der Waals surface area contributed by atoms with Crippen molar-refractivity contribution in [2.75, 3.05) is 19.6 Å². The van der Waals surface area contributed by atoms with E-state index in [1.165, 1.54) is 5.56 Å². The van der Waals surface area contributed by atoms with E-state index in [-0.39, 0.29) is 43.3 Å². The molecule has 120 valence electrons. The lowest BCUT2D eigenvalue weighted by atomic mass is 10.0. The number of carbonyl (C=O) groups excluding carboxylic acids is 1. The van der Waals surface area contributed by atoms with Gasteiger partial charge in [0.05, 0.1) is 6.54 Å². The van der Waals surface area contributed by atoms with Crippen molar-refractivity contribution in [3.05, 3.63) is 34.3 Å². The van der Waals surface area contributed by atoms with E-state index in [1.54, 1.807) is 0 Å². The van der Waals surface area contributed by atoms with Gasteiger partial charge in [-0.1, -0.05) is 28.1 Å². The Labute approximate surface area is 146 Å². The van der Waals surface area contributed by atoms with Crippen molar-refractivity contribution in [3.63, 3.8) is 0 Å². The first-order valence-electron chi connectivity index (χ1n) is 6.63. The zero-order valence-electron chi connectivity index (χ0n) is 11.8. The number of benzene rings is 1. The molecular weight excluding hydrogens is 377 g/mol. The molecule has 0 aliphatic carbocycles. The van der Waals surface area contributed by atoms with E-state index in [4.69, 9.17) is 5.73 Å². The van der Waals surface area contributed by atoms with Crippen molar-refractivity contribution in [1.82, 2.24) is 10.2 Å². The largest absolute Gasteiger partial charge is 0.352 e. The van der Waals surface area contributed by atoms with Gasteiger partial charge in [-0.15, -0.1) is 24.8 Å². The molecule has 1 aromatic carbocycles. The van der Waals surface area contributed by atoms with Crippen molar-refractivity contribution in [1.29, 1.82) is 0 Å². The maximum absolute atomic E-state index is 11.2. The molecule has 0 atom stereocenters. The fourth-order valence-electron chi connectivity index (χ4n) is 2.37. The Morgan fingerprint density at radius 2 is 1.81 bits per heavy atom. The van der Waals surface area contributed by atoms with E-state index >= 15 is 0 Å². The van der Waals surface area contributed by atoms with Crippen LogP contribution >= 0.6 is 40.7 Å². The number of amides is 1. The number of rotatable bonds is 4. The molecule has 1 amide bonds. The van der Waals surface area contributed by atoms with Gasteiger partial charge in [0.1, 0.15) is 0 Å². The van der Waals surface area contributed by atoms with Crippen LogP contribution in [0.3, 0.4) is 0 Å². The molecule has 3 N–H and O–H groups in total. The first kappa shape index (κ1) is 20.7. The third-order valence-electron chi connectivity index (χ3n) is 3.46. The molecule has 4 nitrogen and oxygen atoms in total. The first-order chi connectivity index (χ1) is 9.17. The fraction of sp³-hybridized carbons (Fsp3) is 0.500. The van der Waals surface area contributed by atoms with E-state index in [9.17, 15) is 4.79 Å². The van der Waals surface area contributed by atoms with Crippen LogP contribution in [-0.2, 0) is 11.3 Å². The zero-order valence-corrected chi connectivity index (χ0v) is 15.0. The summed E-state index contributed by atoms with van der Waals surface area (Å²) in [5, 5.41) is 2.96. The number of carbonyl (C=O) groups is 1. The number of nitrogens with one attached hydrogen (secondary N) is 1. The van der Waals surface area contributed by atoms with Gasteiger partial charge in [-0.2, -0.15) is 0 Å². The minimum absolute atomic E-state index is 0. The van der Waals surface area contributed by atoms with Crippen LogP contribution in [0.25, 0.3) is 0 Å². The molecule has 7 heteroatoms. The van der Waals surface area contributed by atoms with Crippen molar-refractivity contribution < 1.29 is 4.79 Å². The van der Waals surface area contributed by atoms with Crippen LogP contribution in [0.4, 0.5) is 0 Å². The number of hydrogen-bond donors (Lipinski definition) is 2. The zero-order chi connectivity index (χ0) is 13.7. The SMILES string of the molecule is Cl.Cl.NCC(=O)NC1CCN(Cc2ccc(Br)cc2)CC1. The van der Waals surface area contributed by atoms with Gasteiger partial charge in [-0.25, -0.2) is 0 Å². The molecule has 0 aromatic heterocycles. The highest BCUT2D eigenvalue weighted by molar-refractivity contribution is 9.10. The van der Waals surface area contributed by atoms with Gasteiger partial charge in [0.15, 0.2) is 0 Å². The Kier molecular flexibility index (Phi) is 10.2. The van der Waals surface area contributed by atoms with Gasteiger partial charge < -0.3 is 11.1 Å². The van der Waals surface area contributed by atoms with E-state index in [0.29, 0.717) is 0 Å². The fourth-order valence-corrected chi connectivity index (χ4v) is 2.63. The molecule has 1 aliphatic rings. The van der Waals surface area contributed by atoms with Gasteiger partial charge in [-0.3, -0.25) is 9.69 Å². The molecule has 1 aliphatic heterocycles. The molecule has 0 spiro atoms. The summed E-state index contributed by atoms with van der Waals surface area (Å²) < 4.78 is 1.11. The minimum Gasteiger partial charge on any atom is -0.352 e. The van der Waals surface area contributed by atoms with Crippen molar-refractivity contribution in [2.24, 2.45) is 5.73 Å². The minimum atomic E-state index is -0.0497. The van der Waals surface area contributed by atoms with Crippen molar-refractivity contribution in [3.8, 4) is 0 Å². The highest BCUT2D eigenvalue weighted by Gasteiger charge is 2.20. The van der Waals surface area contributed by atoms with Crippen LogP contribution < -0.4 is 11.1 Å². The first-order valence-corrected chi connectivity index (χ1v) is 7.43. The van der Waals surface area contributed by atoms with Crippen molar-refractivity contribution in [2.45, 2.75) is 25.4 Å².